The Morgan fingerprint density at radius 2 is 2.06 bits per heavy atom. The van der Waals surface area contributed by atoms with Gasteiger partial charge >= 0.3 is 0 Å². The van der Waals surface area contributed by atoms with Crippen molar-refractivity contribution in [2.24, 2.45) is 0 Å². The van der Waals surface area contributed by atoms with E-state index in [1.165, 1.54) is 5.56 Å². The minimum absolute atomic E-state index is 0.937. The van der Waals surface area contributed by atoms with E-state index >= 15 is 0 Å². The fraction of sp³-hybridized carbons (Fsp3) is 0.167. The Labute approximate surface area is 103 Å². The second-order valence-electron chi connectivity index (χ2n) is 3.32. The van der Waals surface area contributed by atoms with Crippen LogP contribution < -0.4 is 0 Å². The van der Waals surface area contributed by atoms with E-state index in [4.69, 9.17) is 0 Å². The highest BCUT2D eigenvalue weighted by Crippen LogP contribution is 2.25. The Hall–Kier alpha value is -1.13. The summed E-state index contributed by atoms with van der Waals surface area (Å²) in [6.45, 7) is 5.71. The van der Waals surface area contributed by atoms with E-state index in [1.807, 2.05) is 13.0 Å². The van der Waals surface area contributed by atoms with E-state index < -0.39 is 0 Å². The Morgan fingerprint density at radius 1 is 1.31 bits per heavy atom. The average Bonchev–Trinajstić information content (AvgIpc) is 2.73. The van der Waals surface area contributed by atoms with Gasteiger partial charge in [0, 0.05) is 5.75 Å². The molecule has 2 nitrogen and oxygen atoms in total. The van der Waals surface area contributed by atoms with Crippen molar-refractivity contribution in [3.8, 4) is 0 Å². The second kappa shape index (κ2) is 5.27. The molecule has 2 rings (SSSR count). The SMILES string of the molecule is C=Cc1ccc(CSc2nnc(C)s2)cc1. The van der Waals surface area contributed by atoms with Gasteiger partial charge in [0.2, 0.25) is 0 Å². The van der Waals surface area contributed by atoms with Crippen molar-refractivity contribution in [3.05, 3.63) is 47.0 Å². The molecule has 1 aromatic carbocycles. The molecule has 0 unspecified atom stereocenters. The van der Waals surface area contributed by atoms with Crippen LogP contribution in [0.4, 0.5) is 0 Å². The highest BCUT2D eigenvalue weighted by Gasteiger charge is 2.01. The first kappa shape index (κ1) is 11.4. The molecule has 0 bridgehead atoms. The quantitative estimate of drug-likeness (QED) is 0.770. The van der Waals surface area contributed by atoms with Gasteiger partial charge in [0.1, 0.15) is 5.01 Å². The van der Waals surface area contributed by atoms with Crippen molar-refractivity contribution in [2.75, 3.05) is 0 Å². The molecule has 0 aliphatic carbocycles. The lowest BCUT2D eigenvalue weighted by atomic mass is 10.1. The van der Waals surface area contributed by atoms with Crippen LogP contribution in [-0.4, -0.2) is 10.2 Å². The number of aryl methyl sites for hydroxylation is 1. The van der Waals surface area contributed by atoms with Gasteiger partial charge in [-0.05, 0) is 18.1 Å². The van der Waals surface area contributed by atoms with E-state index in [-0.39, 0.29) is 0 Å². The topological polar surface area (TPSA) is 25.8 Å². The molecule has 0 N–H and O–H groups in total. The summed E-state index contributed by atoms with van der Waals surface area (Å²) in [5.74, 6) is 0.937. The van der Waals surface area contributed by atoms with Crippen molar-refractivity contribution in [2.45, 2.75) is 17.0 Å². The predicted octanol–water partition coefficient (Wildman–Crippen LogP) is 3.78. The van der Waals surface area contributed by atoms with Gasteiger partial charge in [-0.1, -0.05) is 60.0 Å². The summed E-state index contributed by atoms with van der Waals surface area (Å²) >= 11 is 3.37. The third kappa shape index (κ3) is 2.93. The van der Waals surface area contributed by atoms with E-state index in [2.05, 4.69) is 41.0 Å². The molecule has 0 saturated heterocycles. The molecule has 0 radical (unpaired) electrons. The molecule has 0 spiro atoms. The molecule has 0 aliphatic rings. The van der Waals surface area contributed by atoms with Crippen molar-refractivity contribution < 1.29 is 0 Å². The van der Waals surface area contributed by atoms with Gasteiger partial charge in [-0.25, -0.2) is 0 Å². The number of hydrogen-bond donors (Lipinski definition) is 0. The molecule has 2 aromatic rings. The maximum Gasteiger partial charge on any atom is 0.174 e. The zero-order valence-electron chi connectivity index (χ0n) is 9.01. The van der Waals surface area contributed by atoms with Crippen LogP contribution >= 0.6 is 23.1 Å². The van der Waals surface area contributed by atoms with Crippen LogP contribution in [0.3, 0.4) is 0 Å². The Morgan fingerprint density at radius 3 is 2.62 bits per heavy atom. The lowest BCUT2D eigenvalue weighted by Gasteiger charge is -1.99. The van der Waals surface area contributed by atoms with Gasteiger partial charge in [-0.3, -0.25) is 0 Å². The zero-order chi connectivity index (χ0) is 11.4. The molecule has 4 heteroatoms. The maximum absolute atomic E-state index is 4.08. The molecular weight excluding hydrogens is 236 g/mol. The van der Waals surface area contributed by atoms with Crippen LogP contribution in [0.15, 0.2) is 35.2 Å². The van der Waals surface area contributed by atoms with Crippen molar-refractivity contribution in [1.82, 2.24) is 10.2 Å². The van der Waals surface area contributed by atoms with Crippen LogP contribution in [0.25, 0.3) is 6.08 Å². The van der Waals surface area contributed by atoms with E-state index in [0.717, 1.165) is 20.7 Å². The average molecular weight is 248 g/mol. The first-order valence-corrected chi connectivity index (χ1v) is 6.72. The van der Waals surface area contributed by atoms with Crippen LogP contribution in [0, 0.1) is 6.92 Å². The predicted molar refractivity (Wildman–Crippen MR) is 70.7 cm³/mol. The summed E-state index contributed by atoms with van der Waals surface area (Å²) in [6.07, 6.45) is 1.85. The van der Waals surface area contributed by atoms with Gasteiger partial charge in [0.15, 0.2) is 4.34 Å². The third-order valence-electron chi connectivity index (χ3n) is 2.09. The zero-order valence-corrected chi connectivity index (χ0v) is 10.6. The Kier molecular flexibility index (Phi) is 3.74. The summed E-state index contributed by atoms with van der Waals surface area (Å²) in [5, 5.41) is 9.09. The molecular formula is C12H12N2S2. The molecule has 0 amide bonds. The molecule has 1 aromatic heterocycles. The second-order valence-corrected chi connectivity index (χ2v) is 5.73. The lowest BCUT2D eigenvalue weighted by molar-refractivity contribution is 0.983. The van der Waals surface area contributed by atoms with E-state index in [1.54, 1.807) is 23.1 Å². The van der Waals surface area contributed by atoms with Crippen LogP contribution in [0.2, 0.25) is 0 Å². The normalized spacial score (nSPS) is 10.3. The standard InChI is InChI=1S/C12H12N2S2/c1-3-10-4-6-11(7-5-10)8-15-12-14-13-9(2)16-12/h3-7H,1,8H2,2H3. The fourth-order valence-corrected chi connectivity index (χ4v) is 3.00. The summed E-state index contributed by atoms with van der Waals surface area (Å²) in [5.41, 5.74) is 2.45. The maximum atomic E-state index is 4.08. The van der Waals surface area contributed by atoms with Crippen LogP contribution in [-0.2, 0) is 5.75 Å². The van der Waals surface area contributed by atoms with Crippen LogP contribution in [0.1, 0.15) is 16.1 Å². The minimum atomic E-state index is 0.937. The smallest absolute Gasteiger partial charge is 0.143 e. The number of thioether (sulfide) groups is 1. The summed E-state index contributed by atoms with van der Waals surface area (Å²) in [6, 6.07) is 8.40. The van der Waals surface area contributed by atoms with Gasteiger partial charge in [0.25, 0.3) is 0 Å². The number of aromatic nitrogens is 2. The molecule has 82 valence electrons. The molecule has 0 saturated carbocycles. The van der Waals surface area contributed by atoms with Crippen molar-refractivity contribution in [1.29, 1.82) is 0 Å². The third-order valence-corrected chi connectivity index (χ3v) is 4.13. The monoisotopic (exact) mass is 248 g/mol. The molecule has 16 heavy (non-hydrogen) atoms. The fourth-order valence-electron chi connectivity index (χ4n) is 1.23. The molecule has 0 fully saturated rings. The highest BCUT2D eigenvalue weighted by molar-refractivity contribution is 8.00. The van der Waals surface area contributed by atoms with Gasteiger partial charge < -0.3 is 0 Å². The number of nitrogens with zero attached hydrogens (tertiary/aromatic N) is 2. The number of rotatable bonds is 4. The first-order chi connectivity index (χ1) is 7.78. The van der Waals surface area contributed by atoms with Crippen molar-refractivity contribution >= 4 is 29.2 Å². The van der Waals surface area contributed by atoms with Crippen LogP contribution in [0.5, 0.6) is 0 Å². The highest BCUT2D eigenvalue weighted by atomic mass is 32.2. The first-order valence-electron chi connectivity index (χ1n) is 4.92. The Bertz CT molecular complexity index is 474. The summed E-state index contributed by atoms with van der Waals surface area (Å²) in [7, 11) is 0. The number of hydrogen-bond acceptors (Lipinski definition) is 4. The van der Waals surface area contributed by atoms with Gasteiger partial charge in [-0.15, -0.1) is 10.2 Å². The van der Waals surface area contributed by atoms with E-state index in [0.29, 0.717) is 0 Å². The lowest BCUT2D eigenvalue weighted by Crippen LogP contribution is -1.80. The number of benzene rings is 1. The van der Waals surface area contributed by atoms with Gasteiger partial charge in [-0.2, -0.15) is 0 Å². The summed E-state index contributed by atoms with van der Waals surface area (Å²) < 4.78 is 1.03. The molecule has 1 heterocycles. The van der Waals surface area contributed by atoms with E-state index in [9.17, 15) is 0 Å². The summed E-state index contributed by atoms with van der Waals surface area (Å²) in [4.78, 5) is 0. The van der Waals surface area contributed by atoms with Gasteiger partial charge in [0.05, 0.1) is 0 Å². The molecule has 0 atom stereocenters. The largest absolute Gasteiger partial charge is 0.174 e. The Balaban J connectivity index is 1.96. The van der Waals surface area contributed by atoms with Crippen molar-refractivity contribution in [3.63, 3.8) is 0 Å². The molecule has 0 aliphatic heterocycles. The minimum Gasteiger partial charge on any atom is -0.143 e.